The summed E-state index contributed by atoms with van der Waals surface area (Å²) in [4.78, 5) is 20.9. The number of carbonyl (C=O) groups is 1. The zero-order chi connectivity index (χ0) is 15.4. The quantitative estimate of drug-likeness (QED) is 0.927. The summed E-state index contributed by atoms with van der Waals surface area (Å²) in [6, 6.07) is 5.98. The van der Waals surface area contributed by atoms with E-state index in [1.807, 2.05) is 39.9 Å². The first-order valence-corrected chi connectivity index (χ1v) is 7.86. The second-order valence-electron chi connectivity index (χ2n) is 5.82. The Balaban J connectivity index is 1.48. The maximum absolute atomic E-state index is 12.2. The number of nitrogens with one attached hydrogen (secondary N) is 1. The highest BCUT2D eigenvalue weighted by Gasteiger charge is 2.16. The lowest BCUT2D eigenvalue weighted by molar-refractivity contribution is 0.199. The molecular formula is C16H23N5O. The average molecular weight is 301 g/mol. The van der Waals surface area contributed by atoms with Crippen molar-refractivity contribution in [3.8, 4) is 0 Å². The summed E-state index contributed by atoms with van der Waals surface area (Å²) in [6.45, 7) is 4.27. The molecule has 6 heteroatoms. The second kappa shape index (κ2) is 6.79. The van der Waals surface area contributed by atoms with Gasteiger partial charge < -0.3 is 19.5 Å². The van der Waals surface area contributed by atoms with Gasteiger partial charge in [0.05, 0.1) is 5.69 Å². The smallest absolute Gasteiger partial charge is 0.317 e. The van der Waals surface area contributed by atoms with Crippen molar-refractivity contribution in [3.63, 3.8) is 0 Å². The highest BCUT2D eigenvalue weighted by Crippen LogP contribution is 2.05. The Bertz CT molecular complexity index is 605. The van der Waals surface area contributed by atoms with Crippen LogP contribution in [-0.4, -0.2) is 65.0 Å². The first-order valence-electron chi connectivity index (χ1n) is 7.86. The highest BCUT2D eigenvalue weighted by atomic mass is 16.2. The lowest BCUT2D eigenvalue weighted by Crippen LogP contribution is -2.42. The fourth-order valence-electron chi connectivity index (χ4n) is 2.77. The average Bonchev–Trinajstić information content (AvgIpc) is 2.80. The Kier molecular flexibility index (Phi) is 4.58. The Morgan fingerprint density at radius 3 is 3.05 bits per heavy atom. The minimum Gasteiger partial charge on any atom is -0.338 e. The van der Waals surface area contributed by atoms with E-state index in [0.717, 1.165) is 50.4 Å². The van der Waals surface area contributed by atoms with Crippen molar-refractivity contribution >= 4 is 11.7 Å². The number of urea groups is 1. The maximum Gasteiger partial charge on any atom is 0.317 e. The minimum absolute atomic E-state index is 0.0408. The van der Waals surface area contributed by atoms with Crippen LogP contribution in [0.3, 0.4) is 0 Å². The first kappa shape index (κ1) is 14.8. The third-order valence-electron chi connectivity index (χ3n) is 4.08. The molecule has 1 aliphatic heterocycles. The summed E-state index contributed by atoms with van der Waals surface area (Å²) in [5.41, 5.74) is 1.95. The summed E-state index contributed by atoms with van der Waals surface area (Å²) in [6.07, 6.45) is 5.79. The molecule has 118 valence electrons. The summed E-state index contributed by atoms with van der Waals surface area (Å²) in [7, 11) is 2.10. The van der Waals surface area contributed by atoms with Crippen molar-refractivity contribution in [3.05, 3.63) is 36.3 Å². The number of fused-ring (bicyclic) bond motifs is 1. The molecule has 1 N–H and O–H groups in total. The van der Waals surface area contributed by atoms with Crippen LogP contribution in [0.25, 0.3) is 5.65 Å². The fourth-order valence-corrected chi connectivity index (χ4v) is 2.77. The summed E-state index contributed by atoms with van der Waals surface area (Å²) in [5.74, 6) is 0. The van der Waals surface area contributed by atoms with E-state index in [9.17, 15) is 4.79 Å². The summed E-state index contributed by atoms with van der Waals surface area (Å²) in [5, 5.41) is 3.01. The molecule has 0 unspecified atom stereocenters. The van der Waals surface area contributed by atoms with E-state index < -0.39 is 0 Å². The lowest BCUT2D eigenvalue weighted by atomic mass is 10.3. The van der Waals surface area contributed by atoms with Crippen molar-refractivity contribution in [1.29, 1.82) is 0 Å². The van der Waals surface area contributed by atoms with E-state index in [-0.39, 0.29) is 6.03 Å². The van der Waals surface area contributed by atoms with E-state index >= 15 is 0 Å². The number of imidazole rings is 1. The number of aromatic nitrogens is 2. The summed E-state index contributed by atoms with van der Waals surface area (Å²) < 4.78 is 2.00. The largest absolute Gasteiger partial charge is 0.338 e. The van der Waals surface area contributed by atoms with Crippen molar-refractivity contribution < 1.29 is 4.79 Å². The molecule has 2 aromatic heterocycles. The number of hydrogen-bond donors (Lipinski definition) is 1. The van der Waals surface area contributed by atoms with Crippen LogP contribution >= 0.6 is 0 Å². The van der Waals surface area contributed by atoms with Crippen molar-refractivity contribution in [1.82, 2.24) is 24.5 Å². The molecule has 0 radical (unpaired) electrons. The van der Waals surface area contributed by atoms with Gasteiger partial charge in [-0.3, -0.25) is 0 Å². The second-order valence-corrected chi connectivity index (χ2v) is 5.82. The van der Waals surface area contributed by atoms with E-state index in [1.165, 1.54) is 0 Å². The summed E-state index contributed by atoms with van der Waals surface area (Å²) >= 11 is 0. The third-order valence-corrected chi connectivity index (χ3v) is 4.08. The molecule has 0 bridgehead atoms. The van der Waals surface area contributed by atoms with Gasteiger partial charge in [-0.25, -0.2) is 9.78 Å². The van der Waals surface area contributed by atoms with Crippen LogP contribution in [0.4, 0.5) is 4.79 Å². The van der Waals surface area contributed by atoms with Gasteiger partial charge in [0.15, 0.2) is 0 Å². The molecule has 3 rings (SSSR count). The van der Waals surface area contributed by atoms with Crippen molar-refractivity contribution in [2.45, 2.75) is 12.8 Å². The van der Waals surface area contributed by atoms with Crippen LogP contribution in [-0.2, 0) is 6.42 Å². The standard InChI is InChI=1S/C16H23N5O/c1-19-8-4-10-20(12-11-19)16(22)17-7-6-14-13-21-9-3-2-5-15(21)18-14/h2-3,5,9,13H,4,6-8,10-12H2,1H3,(H,17,22). The van der Waals surface area contributed by atoms with Gasteiger partial charge in [-0.1, -0.05) is 6.07 Å². The van der Waals surface area contributed by atoms with Crippen LogP contribution in [0.5, 0.6) is 0 Å². The van der Waals surface area contributed by atoms with E-state index in [1.54, 1.807) is 0 Å². The van der Waals surface area contributed by atoms with Gasteiger partial charge in [-0.2, -0.15) is 0 Å². The molecule has 1 saturated heterocycles. The molecule has 0 aromatic carbocycles. The maximum atomic E-state index is 12.2. The molecule has 2 amide bonds. The van der Waals surface area contributed by atoms with E-state index in [2.05, 4.69) is 22.2 Å². The molecule has 6 nitrogen and oxygen atoms in total. The lowest BCUT2D eigenvalue weighted by Gasteiger charge is -2.20. The van der Waals surface area contributed by atoms with Gasteiger partial charge in [-0.15, -0.1) is 0 Å². The molecular weight excluding hydrogens is 278 g/mol. The number of nitrogens with zero attached hydrogens (tertiary/aromatic N) is 4. The SMILES string of the molecule is CN1CCCN(C(=O)NCCc2cn3ccccc3n2)CC1. The molecule has 2 aromatic rings. The van der Waals surface area contributed by atoms with Crippen LogP contribution in [0.1, 0.15) is 12.1 Å². The van der Waals surface area contributed by atoms with Gasteiger partial charge in [0.1, 0.15) is 5.65 Å². The minimum atomic E-state index is 0.0408. The van der Waals surface area contributed by atoms with Crippen LogP contribution in [0.15, 0.2) is 30.6 Å². The Labute approximate surface area is 130 Å². The first-order chi connectivity index (χ1) is 10.7. The van der Waals surface area contributed by atoms with Crippen LogP contribution in [0, 0.1) is 0 Å². The van der Waals surface area contributed by atoms with Crippen molar-refractivity contribution in [2.24, 2.45) is 0 Å². The number of hydrogen-bond acceptors (Lipinski definition) is 3. The van der Waals surface area contributed by atoms with Gasteiger partial charge in [0.2, 0.25) is 0 Å². The zero-order valence-electron chi connectivity index (χ0n) is 13.0. The Morgan fingerprint density at radius 1 is 1.27 bits per heavy atom. The number of amides is 2. The van der Waals surface area contributed by atoms with Crippen molar-refractivity contribution in [2.75, 3.05) is 39.8 Å². The third kappa shape index (κ3) is 3.57. The predicted octanol–water partition coefficient (Wildman–Crippen LogP) is 1.22. The molecule has 22 heavy (non-hydrogen) atoms. The number of rotatable bonds is 3. The number of pyridine rings is 1. The number of carbonyl (C=O) groups excluding carboxylic acids is 1. The fraction of sp³-hybridized carbons (Fsp3) is 0.500. The molecule has 0 saturated carbocycles. The van der Waals surface area contributed by atoms with Gasteiger partial charge in [0, 0.05) is 45.0 Å². The number of likely N-dealkylation sites (N-methyl/N-ethyl adjacent to an activating group) is 1. The molecule has 0 aliphatic carbocycles. The molecule has 3 heterocycles. The normalized spacial score (nSPS) is 16.7. The molecule has 1 fully saturated rings. The Morgan fingerprint density at radius 2 is 2.18 bits per heavy atom. The topological polar surface area (TPSA) is 52.9 Å². The van der Waals surface area contributed by atoms with Crippen LogP contribution in [0.2, 0.25) is 0 Å². The van der Waals surface area contributed by atoms with E-state index in [4.69, 9.17) is 0 Å². The molecule has 0 atom stereocenters. The van der Waals surface area contributed by atoms with E-state index in [0.29, 0.717) is 6.54 Å². The zero-order valence-corrected chi connectivity index (χ0v) is 13.0. The van der Waals surface area contributed by atoms with Crippen LogP contribution < -0.4 is 5.32 Å². The highest BCUT2D eigenvalue weighted by molar-refractivity contribution is 5.74. The molecule has 1 aliphatic rings. The van der Waals surface area contributed by atoms with Gasteiger partial charge in [0.25, 0.3) is 0 Å². The van der Waals surface area contributed by atoms with Gasteiger partial charge in [-0.05, 0) is 32.1 Å². The van der Waals surface area contributed by atoms with Gasteiger partial charge >= 0.3 is 6.03 Å². The monoisotopic (exact) mass is 301 g/mol. The predicted molar refractivity (Wildman–Crippen MR) is 86.0 cm³/mol. The Hall–Kier alpha value is -2.08. The molecule has 0 spiro atoms.